The van der Waals surface area contributed by atoms with Gasteiger partial charge >= 0.3 is 0 Å². The van der Waals surface area contributed by atoms with E-state index in [9.17, 15) is 0 Å². The maximum Gasteiger partial charge on any atom is 0.122 e. The lowest BCUT2D eigenvalue weighted by molar-refractivity contribution is 0.267. The molecule has 2 atom stereocenters. The summed E-state index contributed by atoms with van der Waals surface area (Å²) in [4.78, 5) is 0. The Kier molecular flexibility index (Phi) is 5.09. The van der Waals surface area contributed by atoms with Gasteiger partial charge in [0.05, 0.1) is 6.61 Å². The Bertz CT molecular complexity index is 422. The van der Waals surface area contributed by atoms with Crippen LogP contribution < -0.4 is 10.1 Å². The topological polar surface area (TPSA) is 21.3 Å². The molecule has 1 aromatic carbocycles. The van der Waals surface area contributed by atoms with Crippen LogP contribution in [-0.4, -0.2) is 19.2 Å². The van der Waals surface area contributed by atoms with Gasteiger partial charge in [0.25, 0.3) is 0 Å². The second-order valence-corrected chi connectivity index (χ2v) is 7.12. The first kappa shape index (κ1) is 15.4. The molecule has 20 heavy (non-hydrogen) atoms. The maximum absolute atomic E-state index is 5.86. The zero-order valence-electron chi connectivity index (χ0n) is 13.4. The van der Waals surface area contributed by atoms with E-state index in [2.05, 4.69) is 57.3 Å². The molecular weight excluding hydrogens is 246 g/mol. The molecule has 0 aromatic heterocycles. The summed E-state index contributed by atoms with van der Waals surface area (Å²) in [5, 5.41) is 3.74. The fourth-order valence-corrected chi connectivity index (χ4v) is 2.88. The van der Waals surface area contributed by atoms with Gasteiger partial charge in [-0.25, -0.2) is 0 Å². The summed E-state index contributed by atoms with van der Waals surface area (Å²) in [6.45, 7) is 11.1. The standard InChI is InChI=1S/C18H29NO/c1-5-12-19-16(10-11-18(2,3)4)15-13-20-17-9-7-6-8-14(15)17/h6-9,15-16,19H,5,10-13H2,1-4H3. The van der Waals surface area contributed by atoms with Crippen LogP contribution in [0.5, 0.6) is 5.75 Å². The van der Waals surface area contributed by atoms with Crippen molar-refractivity contribution >= 4 is 0 Å². The number of ether oxygens (including phenoxy) is 1. The molecule has 0 spiro atoms. The molecule has 0 saturated heterocycles. The van der Waals surface area contributed by atoms with E-state index in [0.717, 1.165) is 18.9 Å². The summed E-state index contributed by atoms with van der Waals surface area (Å²) < 4.78 is 5.86. The fraction of sp³-hybridized carbons (Fsp3) is 0.667. The molecular formula is C18H29NO. The monoisotopic (exact) mass is 275 g/mol. The molecule has 2 rings (SSSR count). The molecule has 0 amide bonds. The summed E-state index contributed by atoms with van der Waals surface area (Å²) in [7, 11) is 0. The average Bonchev–Trinajstić information content (AvgIpc) is 2.82. The zero-order valence-corrected chi connectivity index (χ0v) is 13.4. The van der Waals surface area contributed by atoms with Crippen molar-refractivity contribution in [3.63, 3.8) is 0 Å². The van der Waals surface area contributed by atoms with Gasteiger partial charge in [-0.3, -0.25) is 0 Å². The van der Waals surface area contributed by atoms with Crippen molar-refractivity contribution in [2.24, 2.45) is 5.41 Å². The van der Waals surface area contributed by atoms with Crippen LogP contribution in [0.2, 0.25) is 0 Å². The smallest absolute Gasteiger partial charge is 0.122 e. The minimum Gasteiger partial charge on any atom is -0.493 e. The maximum atomic E-state index is 5.86. The Balaban J connectivity index is 2.07. The highest BCUT2D eigenvalue weighted by atomic mass is 16.5. The van der Waals surface area contributed by atoms with Gasteiger partial charge in [-0.15, -0.1) is 0 Å². The molecule has 2 unspecified atom stereocenters. The van der Waals surface area contributed by atoms with Crippen LogP contribution in [0, 0.1) is 5.41 Å². The molecule has 112 valence electrons. The predicted octanol–water partition coefficient (Wildman–Crippen LogP) is 4.36. The second-order valence-electron chi connectivity index (χ2n) is 7.12. The predicted molar refractivity (Wildman–Crippen MR) is 85.4 cm³/mol. The SMILES string of the molecule is CCCNC(CCC(C)(C)C)C1COc2ccccc21. The summed E-state index contributed by atoms with van der Waals surface area (Å²) in [6.07, 6.45) is 3.64. The molecule has 2 heteroatoms. The Hall–Kier alpha value is -1.02. The summed E-state index contributed by atoms with van der Waals surface area (Å²) in [5.74, 6) is 1.58. The summed E-state index contributed by atoms with van der Waals surface area (Å²) >= 11 is 0. The number of nitrogens with one attached hydrogen (secondary N) is 1. The third-order valence-electron chi connectivity index (χ3n) is 4.08. The molecule has 0 aliphatic carbocycles. The molecule has 0 fully saturated rings. The number of fused-ring (bicyclic) bond motifs is 1. The van der Waals surface area contributed by atoms with Crippen LogP contribution in [0.3, 0.4) is 0 Å². The Morgan fingerprint density at radius 1 is 1.30 bits per heavy atom. The van der Waals surface area contributed by atoms with E-state index in [1.807, 2.05) is 0 Å². The van der Waals surface area contributed by atoms with Crippen molar-refractivity contribution in [3.8, 4) is 5.75 Å². The summed E-state index contributed by atoms with van der Waals surface area (Å²) in [6, 6.07) is 9.03. The largest absolute Gasteiger partial charge is 0.493 e. The normalized spacial score (nSPS) is 19.5. The van der Waals surface area contributed by atoms with E-state index >= 15 is 0 Å². The third-order valence-corrected chi connectivity index (χ3v) is 4.08. The van der Waals surface area contributed by atoms with Crippen molar-refractivity contribution in [3.05, 3.63) is 29.8 Å². The van der Waals surface area contributed by atoms with E-state index in [-0.39, 0.29) is 0 Å². The Morgan fingerprint density at radius 2 is 2.05 bits per heavy atom. The van der Waals surface area contributed by atoms with Crippen molar-refractivity contribution in [1.29, 1.82) is 0 Å². The first-order valence-corrected chi connectivity index (χ1v) is 7.96. The molecule has 1 aliphatic heterocycles. The highest BCUT2D eigenvalue weighted by Gasteiger charge is 2.31. The van der Waals surface area contributed by atoms with Crippen LogP contribution in [0.25, 0.3) is 0 Å². The second kappa shape index (κ2) is 6.62. The molecule has 1 aliphatic rings. The zero-order chi connectivity index (χ0) is 14.6. The Morgan fingerprint density at radius 3 is 2.75 bits per heavy atom. The van der Waals surface area contributed by atoms with Gasteiger partial charge in [0, 0.05) is 17.5 Å². The van der Waals surface area contributed by atoms with Crippen molar-refractivity contribution in [1.82, 2.24) is 5.32 Å². The lowest BCUT2D eigenvalue weighted by Crippen LogP contribution is -2.37. The lowest BCUT2D eigenvalue weighted by atomic mass is 9.83. The number of benzene rings is 1. The van der Waals surface area contributed by atoms with E-state index < -0.39 is 0 Å². The highest BCUT2D eigenvalue weighted by molar-refractivity contribution is 5.40. The molecule has 0 radical (unpaired) electrons. The van der Waals surface area contributed by atoms with Crippen LogP contribution in [-0.2, 0) is 0 Å². The minimum absolute atomic E-state index is 0.394. The van der Waals surface area contributed by atoms with Crippen LogP contribution in [0.1, 0.15) is 58.4 Å². The molecule has 1 heterocycles. The van der Waals surface area contributed by atoms with Gasteiger partial charge in [-0.05, 0) is 37.3 Å². The minimum atomic E-state index is 0.394. The fourth-order valence-electron chi connectivity index (χ4n) is 2.88. The van der Waals surface area contributed by atoms with Gasteiger partial charge in [0.2, 0.25) is 0 Å². The van der Waals surface area contributed by atoms with Crippen molar-refractivity contribution in [2.45, 2.75) is 58.9 Å². The number of rotatable bonds is 6. The van der Waals surface area contributed by atoms with Crippen LogP contribution in [0.15, 0.2) is 24.3 Å². The molecule has 2 nitrogen and oxygen atoms in total. The quantitative estimate of drug-likeness (QED) is 0.833. The molecule has 1 N–H and O–H groups in total. The van der Waals surface area contributed by atoms with E-state index in [1.54, 1.807) is 0 Å². The van der Waals surface area contributed by atoms with Crippen molar-refractivity contribution < 1.29 is 4.74 Å². The number of para-hydroxylation sites is 1. The van der Waals surface area contributed by atoms with Gasteiger partial charge in [-0.1, -0.05) is 45.9 Å². The van der Waals surface area contributed by atoms with E-state index in [4.69, 9.17) is 4.74 Å². The molecule has 0 saturated carbocycles. The van der Waals surface area contributed by atoms with E-state index in [0.29, 0.717) is 17.4 Å². The number of hydrogen-bond acceptors (Lipinski definition) is 2. The van der Waals surface area contributed by atoms with Crippen molar-refractivity contribution in [2.75, 3.05) is 13.2 Å². The van der Waals surface area contributed by atoms with Gasteiger partial charge in [-0.2, -0.15) is 0 Å². The van der Waals surface area contributed by atoms with Gasteiger partial charge in [0.15, 0.2) is 0 Å². The average molecular weight is 275 g/mol. The van der Waals surface area contributed by atoms with Crippen LogP contribution >= 0.6 is 0 Å². The lowest BCUT2D eigenvalue weighted by Gasteiger charge is -2.28. The Labute approximate surface area is 123 Å². The molecule has 0 bridgehead atoms. The van der Waals surface area contributed by atoms with E-state index in [1.165, 1.54) is 24.8 Å². The van der Waals surface area contributed by atoms with Gasteiger partial charge < -0.3 is 10.1 Å². The molecule has 1 aromatic rings. The van der Waals surface area contributed by atoms with Gasteiger partial charge in [0.1, 0.15) is 5.75 Å². The van der Waals surface area contributed by atoms with Crippen LogP contribution in [0.4, 0.5) is 0 Å². The first-order chi connectivity index (χ1) is 9.51. The summed E-state index contributed by atoms with van der Waals surface area (Å²) in [5.41, 5.74) is 1.78. The third kappa shape index (κ3) is 3.99. The first-order valence-electron chi connectivity index (χ1n) is 7.96. The highest BCUT2D eigenvalue weighted by Crippen LogP contribution is 2.37. The number of hydrogen-bond donors (Lipinski definition) is 1.